The van der Waals surface area contributed by atoms with Gasteiger partial charge in [-0.3, -0.25) is 0 Å². The summed E-state index contributed by atoms with van der Waals surface area (Å²) in [7, 11) is 2.16. The van der Waals surface area contributed by atoms with Crippen LogP contribution < -0.4 is 5.32 Å². The Labute approximate surface area is 134 Å². The zero-order valence-electron chi connectivity index (χ0n) is 12.7. The Bertz CT molecular complexity index is 322. The van der Waals surface area contributed by atoms with Gasteiger partial charge in [-0.15, -0.1) is 23.2 Å². The van der Waals surface area contributed by atoms with Gasteiger partial charge in [0, 0.05) is 11.4 Å². The highest BCUT2D eigenvalue weighted by atomic mass is 35.5. The van der Waals surface area contributed by atoms with E-state index in [1.807, 2.05) is 0 Å². The van der Waals surface area contributed by atoms with Gasteiger partial charge in [-0.05, 0) is 75.7 Å². The molecule has 0 aromatic rings. The molecule has 3 heteroatoms. The van der Waals surface area contributed by atoms with Crippen molar-refractivity contribution in [3.05, 3.63) is 0 Å². The average molecular weight is 318 g/mol. The zero-order valence-corrected chi connectivity index (χ0v) is 14.2. The van der Waals surface area contributed by atoms with Crippen molar-refractivity contribution in [1.29, 1.82) is 0 Å². The zero-order chi connectivity index (χ0) is 14.1. The number of hydrogen-bond acceptors (Lipinski definition) is 1. The standard InChI is InChI=1S/C17H29Cl2N/c1-20-17-9-7-12(13-4-2-3-5-14(13)17)11-6-8-15(18)16(19)10-11/h11-17,20H,2-10H2,1H3/t11?,12-,13?,14?,15?,16?,17+/m1/s1. The molecule has 3 aliphatic rings. The average Bonchev–Trinajstić information content (AvgIpc) is 2.49. The van der Waals surface area contributed by atoms with Gasteiger partial charge in [-0.25, -0.2) is 0 Å². The first-order chi connectivity index (χ1) is 9.70. The second kappa shape index (κ2) is 6.75. The van der Waals surface area contributed by atoms with E-state index < -0.39 is 0 Å². The van der Waals surface area contributed by atoms with Gasteiger partial charge in [0.05, 0.1) is 5.38 Å². The number of hydrogen-bond donors (Lipinski definition) is 1. The molecule has 0 aliphatic heterocycles. The van der Waals surface area contributed by atoms with E-state index in [4.69, 9.17) is 23.2 Å². The lowest BCUT2D eigenvalue weighted by Gasteiger charge is -2.50. The predicted octanol–water partition coefficient (Wildman–Crippen LogP) is 4.81. The van der Waals surface area contributed by atoms with Gasteiger partial charge >= 0.3 is 0 Å². The Morgan fingerprint density at radius 3 is 2.20 bits per heavy atom. The van der Waals surface area contributed by atoms with Gasteiger partial charge in [0.1, 0.15) is 0 Å². The van der Waals surface area contributed by atoms with E-state index in [1.165, 1.54) is 44.9 Å². The van der Waals surface area contributed by atoms with E-state index in [0.29, 0.717) is 0 Å². The largest absolute Gasteiger partial charge is 0.317 e. The maximum absolute atomic E-state index is 6.47. The summed E-state index contributed by atoms with van der Waals surface area (Å²) in [5, 5.41) is 4.01. The summed E-state index contributed by atoms with van der Waals surface area (Å²) < 4.78 is 0. The number of halogens is 2. The highest BCUT2D eigenvalue weighted by Gasteiger charge is 2.44. The van der Waals surface area contributed by atoms with E-state index in [0.717, 1.165) is 42.6 Å². The molecule has 5 unspecified atom stereocenters. The smallest absolute Gasteiger partial charge is 0.0502 e. The molecule has 3 aliphatic carbocycles. The van der Waals surface area contributed by atoms with Crippen LogP contribution in [-0.4, -0.2) is 23.8 Å². The topological polar surface area (TPSA) is 12.0 Å². The molecule has 0 bridgehead atoms. The fourth-order valence-electron chi connectivity index (χ4n) is 5.46. The minimum Gasteiger partial charge on any atom is -0.317 e. The van der Waals surface area contributed by atoms with Crippen LogP contribution in [0.15, 0.2) is 0 Å². The second-order valence-electron chi connectivity index (χ2n) is 7.35. The molecule has 0 aromatic carbocycles. The van der Waals surface area contributed by atoms with E-state index >= 15 is 0 Å². The molecular formula is C17H29Cl2N. The van der Waals surface area contributed by atoms with Crippen molar-refractivity contribution in [2.24, 2.45) is 23.7 Å². The number of fused-ring (bicyclic) bond motifs is 1. The number of rotatable bonds is 2. The van der Waals surface area contributed by atoms with Gasteiger partial charge in [0.2, 0.25) is 0 Å². The molecule has 0 spiro atoms. The molecule has 0 amide bonds. The first-order valence-electron chi connectivity index (χ1n) is 8.66. The number of nitrogens with one attached hydrogen (secondary N) is 1. The van der Waals surface area contributed by atoms with E-state index in [1.54, 1.807) is 0 Å². The van der Waals surface area contributed by atoms with Gasteiger partial charge in [0.15, 0.2) is 0 Å². The fourth-order valence-corrected chi connectivity index (χ4v) is 6.04. The molecule has 116 valence electrons. The molecule has 1 nitrogen and oxygen atoms in total. The van der Waals surface area contributed by atoms with Crippen LogP contribution in [0.4, 0.5) is 0 Å². The monoisotopic (exact) mass is 317 g/mol. The molecular weight excluding hydrogens is 289 g/mol. The van der Waals surface area contributed by atoms with Crippen LogP contribution in [0.2, 0.25) is 0 Å². The third kappa shape index (κ3) is 3.01. The van der Waals surface area contributed by atoms with Crippen molar-refractivity contribution in [3.63, 3.8) is 0 Å². The van der Waals surface area contributed by atoms with Crippen molar-refractivity contribution in [1.82, 2.24) is 5.32 Å². The lowest BCUT2D eigenvalue weighted by molar-refractivity contribution is 0.0296. The summed E-state index contributed by atoms with van der Waals surface area (Å²) in [6, 6.07) is 0.771. The summed E-state index contributed by atoms with van der Waals surface area (Å²) in [5.74, 6) is 3.65. The van der Waals surface area contributed by atoms with E-state index in [9.17, 15) is 0 Å². The van der Waals surface area contributed by atoms with Crippen molar-refractivity contribution < 1.29 is 0 Å². The minimum absolute atomic E-state index is 0.208. The molecule has 3 saturated carbocycles. The fraction of sp³-hybridized carbons (Fsp3) is 1.00. The van der Waals surface area contributed by atoms with Crippen molar-refractivity contribution in [2.75, 3.05) is 7.05 Å². The SMILES string of the molecule is CN[C@H]1CC[C@H](C2CCC(Cl)C(Cl)C2)C2CCCCC21. The highest BCUT2D eigenvalue weighted by molar-refractivity contribution is 6.30. The highest BCUT2D eigenvalue weighted by Crippen LogP contribution is 2.50. The number of alkyl halides is 2. The molecule has 3 rings (SSSR count). The van der Waals surface area contributed by atoms with Crippen LogP contribution in [0.1, 0.15) is 57.8 Å². The predicted molar refractivity (Wildman–Crippen MR) is 87.6 cm³/mol. The molecule has 7 atom stereocenters. The molecule has 0 saturated heterocycles. The maximum Gasteiger partial charge on any atom is 0.0502 e. The van der Waals surface area contributed by atoms with Gasteiger partial charge in [-0.2, -0.15) is 0 Å². The van der Waals surface area contributed by atoms with Crippen molar-refractivity contribution >= 4 is 23.2 Å². The van der Waals surface area contributed by atoms with Gasteiger partial charge in [-0.1, -0.05) is 12.8 Å². The summed E-state index contributed by atoms with van der Waals surface area (Å²) in [6.07, 6.45) is 12.2. The second-order valence-corrected chi connectivity index (χ2v) is 8.47. The van der Waals surface area contributed by atoms with Crippen molar-refractivity contribution in [2.45, 2.75) is 74.6 Å². The van der Waals surface area contributed by atoms with Gasteiger partial charge in [0.25, 0.3) is 0 Å². The molecule has 3 fully saturated rings. The lowest BCUT2D eigenvalue weighted by atomic mass is 9.58. The molecule has 20 heavy (non-hydrogen) atoms. The summed E-state index contributed by atoms with van der Waals surface area (Å²) in [6.45, 7) is 0. The quantitative estimate of drug-likeness (QED) is 0.721. The molecule has 1 N–H and O–H groups in total. The minimum atomic E-state index is 0.208. The Morgan fingerprint density at radius 2 is 1.50 bits per heavy atom. The third-order valence-electron chi connectivity index (χ3n) is 6.46. The maximum atomic E-state index is 6.47. The Morgan fingerprint density at radius 1 is 0.750 bits per heavy atom. The van der Waals surface area contributed by atoms with E-state index in [-0.39, 0.29) is 10.8 Å². The van der Waals surface area contributed by atoms with Crippen LogP contribution in [0, 0.1) is 23.7 Å². The summed E-state index contributed by atoms with van der Waals surface area (Å²) in [4.78, 5) is 0. The van der Waals surface area contributed by atoms with E-state index in [2.05, 4.69) is 12.4 Å². The Hall–Kier alpha value is 0.540. The Kier molecular flexibility index (Phi) is 5.21. The molecule has 0 heterocycles. The third-order valence-corrected chi connectivity index (χ3v) is 7.60. The van der Waals surface area contributed by atoms with Crippen molar-refractivity contribution in [3.8, 4) is 0 Å². The lowest BCUT2D eigenvalue weighted by Crippen LogP contribution is -2.48. The molecule has 0 radical (unpaired) electrons. The summed E-state index contributed by atoms with van der Waals surface area (Å²) in [5.41, 5.74) is 0. The summed E-state index contributed by atoms with van der Waals surface area (Å²) >= 11 is 12.8. The van der Waals surface area contributed by atoms with Crippen LogP contribution in [0.5, 0.6) is 0 Å². The van der Waals surface area contributed by atoms with Gasteiger partial charge < -0.3 is 5.32 Å². The first-order valence-corrected chi connectivity index (χ1v) is 9.53. The van der Waals surface area contributed by atoms with Crippen LogP contribution in [0.3, 0.4) is 0 Å². The van der Waals surface area contributed by atoms with Crippen LogP contribution in [0.25, 0.3) is 0 Å². The molecule has 0 aromatic heterocycles. The van der Waals surface area contributed by atoms with Crippen LogP contribution in [-0.2, 0) is 0 Å². The first kappa shape index (κ1) is 15.4. The van der Waals surface area contributed by atoms with Crippen LogP contribution >= 0.6 is 23.2 Å². The Balaban J connectivity index is 1.70. The normalized spacial score (nSPS) is 49.6.